The Morgan fingerprint density at radius 3 is 2.50 bits per heavy atom. The number of amides is 1. The van der Waals surface area contributed by atoms with Crippen molar-refractivity contribution in [1.29, 1.82) is 0 Å². The van der Waals surface area contributed by atoms with Gasteiger partial charge in [0.2, 0.25) is 11.8 Å². The van der Waals surface area contributed by atoms with E-state index in [4.69, 9.17) is 4.42 Å². The molecule has 0 saturated carbocycles. The predicted octanol–water partition coefficient (Wildman–Crippen LogP) is 3.90. The number of fused-ring (bicyclic) bond motifs is 1. The highest BCUT2D eigenvalue weighted by Gasteiger charge is 2.27. The number of anilines is 1. The van der Waals surface area contributed by atoms with Crippen molar-refractivity contribution >= 4 is 21.7 Å². The molecule has 0 aliphatic carbocycles. The van der Waals surface area contributed by atoms with Crippen LogP contribution < -0.4 is 10.2 Å². The average Bonchev–Trinajstić information content (AvgIpc) is 3.54. The van der Waals surface area contributed by atoms with Crippen molar-refractivity contribution in [2.75, 3.05) is 23.8 Å². The molecule has 0 radical (unpaired) electrons. The molecule has 5 rings (SSSR count). The first-order valence-electron chi connectivity index (χ1n) is 13.2. The number of hydrogen-bond acceptors (Lipinski definition) is 9. The summed E-state index contributed by atoms with van der Waals surface area (Å²) in [5, 5.41) is 12.9. The van der Waals surface area contributed by atoms with Crippen molar-refractivity contribution in [3.05, 3.63) is 89.6 Å². The van der Waals surface area contributed by atoms with Gasteiger partial charge in [-0.3, -0.25) is 4.79 Å². The molecule has 10 nitrogen and oxygen atoms in total. The summed E-state index contributed by atoms with van der Waals surface area (Å²) >= 11 is 0. The largest absolute Gasteiger partial charge is 0.444 e. The van der Waals surface area contributed by atoms with E-state index in [2.05, 4.69) is 32.1 Å². The SMILES string of the molecule is CC[C@H]1CN(c2ncc(-c3ncco3)cn2)Cc2cc(C(=O)NC(CO)c3ccc(S(=O)(=O)CC)cc3)ccc21. The van der Waals surface area contributed by atoms with E-state index in [0.717, 1.165) is 18.5 Å². The van der Waals surface area contributed by atoms with Gasteiger partial charge in [-0.1, -0.05) is 32.0 Å². The number of carbonyl (C=O) groups excluding carboxylic acids is 1. The lowest BCUT2D eigenvalue weighted by Gasteiger charge is -2.34. The van der Waals surface area contributed by atoms with Gasteiger partial charge in [-0.25, -0.2) is 23.4 Å². The number of sulfone groups is 1. The minimum Gasteiger partial charge on any atom is -0.444 e. The number of aliphatic hydroxyl groups excluding tert-OH is 1. The van der Waals surface area contributed by atoms with E-state index in [9.17, 15) is 18.3 Å². The number of nitrogens with zero attached hydrogens (tertiary/aromatic N) is 4. The third kappa shape index (κ3) is 5.61. The maximum Gasteiger partial charge on any atom is 0.251 e. The van der Waals surface area contributed by atoms with E-state index in [0.29, 0.717) is 35.1 Å². The van der Waals surface area contributed by atoms with E-state index < -0.39 is 15.9 Å². The fourth-order valence-electron chi connectivity index (χ4n) is 4.93. The van der Waals surface area contributed by atoms with Gasteiger partial charge in [-0.2, -0.15) is 0 Å². The van der Waals surface area contributed by atoms with Crippen LogP contribution >= 0.6 is 0 Å². The second kappa shape index (κ2) is 11.6. The van der Waals surface area contributed by atoms with Crippen LogP contribution in [0.25, 0.3) is 11.5 Å². The molecule has 0 spiro atoms. The fraction of sp³-hybridized carbons (Fsp3) is 0.310. The molecule has 1 aliphatic heterocycles. The molecule has 1 aliphatic rings. The first-order chi connectivity index (χ1) is 19.3. The van der Waals surface area contributed by atoms with Crippen molar-refractivity contribution in [2.45, 2.75) is 43.7 Å². The zero-order valence-electron chi connectivity index (χ0n) is 22.3. The number of benzene rings is 2. The summed E-state index contributed by atoms with van der Waals surface area (Å²) in [5.41, 5.74) is 3.99. The highest BCUT2D eigenvalue weighted by molar-refractivity contribution is 7.91. The summed E-state index contributed by atoms with van der Waals surface area (Å²) in [6.45, 7) is 4.69. The van der Waals surface area contributed by atoms with Crippen molar-refractivity contribution in [3.8, 4) is 11.5 Å². The number of nitrogens with one attached hydrogen (secondary N) is 1. The van der Waals surface area contributed by atoms with E-state index in [1.165, 1.54) is 24.0 Å². The lowest BCUT2D eigenvalue weighted by molar-refractivity contribution is 0.0916. The number of oxazole rings is 1. The Morgan fingerprint density at radius 2 is 1.88 bits per heavy atom. The lowest BCUT2D eigenvalue weighted by Crippen LogP contribution is -2.35. The highest BCUT2D eigenvalue weighted by Crippen LogP contribution is 2.33. The number of hydrogen-bond donors (Lipinski definition) is 2. The molecule has 2 N–H and O–H groups in total. The van der Waals surface area contributed by atoms with Gasteiger partial charge in [0.05, 0.1) is 35.1 Å². The number of carbonyl (C=O) groups is 1. The number of aromatic nitrogens is 3. The predicted molar refractivity (Wildman–Crippen MR) is 150 cm³/mol. The molecule has 2 atom stereocenters. The van der Waals surface area contributed by atoms with Gasteiger partial charge in [0.25, 0.3) is 5.91 Å². The topological polar surface area (TPSA) is 139 Å². The zero-order chi connectivity index (χ0) is 28.3. The molecule has 3 heterocycles. The first kappa shape index (κ1) is 27.5. The molecule has 0 bridgehead atoms. The van der Waals surface area contributed by atoms with E-state index in [1.54, 1.807) is 43.7 Å². The monoisotopic (exact) mass is 561 g/mol. The second-order valence-corrected chi connectivity index (χ2v) is 12.0. The van der Waals surface area contributed by atoms with E-state index in [1.807, 2.05) is 12.1 Å². The lowest BCUT2D eigenvalue weighted by atomic mass is 9.87. The van der Waals surface area contributed by atoms with Gasteiger partial charge in [-0.15, -0.1) is 0 Å². The van der Waals surface area contributed by atoms with Crippen LogP contribution in [0, 0.1) is 0 Å². The van der Waals surface area contributed by atoms with Gasteiger partial charge in [0, 0.05) is 37.0 Å². The minimum atomic E-state index is -3.34. The second-order valence-electron chi connectivity index (χ2n) is 9.69. The van der Waals surface area contributed by atoms with Gasteiger partial charge in [-0.05, 0) is 47.4 Å². The Bertz CT molecular complexity index is 1570. The molecule has 2 aromatic carbocycles. The van der Waals surface area contributed by atoms with Crippen LogP contribution in [0.4, 0.5) is 5.95 Å². The summed E-state index contributed by atoms with van der Waals surface area (Å²) < 4.78 is 29.6. The Labute approximate surface area is 233 Å². The van der Waals surface area contributed by atoms with Gasteiger partial charge in [0.15, 0.2) is 9.84 Å². The minimum absolute atomic E-state index is 0.00101. The van der Waals surface area contributed by atoms with Gasteiger partial charge in [0.1, 0.15) is 6.26 Å². The first-order valence-corrected chi connectivity index (χ1v) is 14.8. The Balaban J connectivity index is 1.34. The van der Waals surface area contributed by atoms with Crippen LogP contribution in [-0.4, -0.2) is 53.3 Å². The maximum absolute atomic E-state index is 13.2. The van der Waals surface area contributed by atoms with Crippen molar-refractivity contribution in [3.63, 3.8) is 0 Å². The normalized spacial score (nSPS) is 15.9. The number of rotatable bonds is 9. The molecular weight excluding hydrogens is 530 g/mol. The quantitative estimate of drug-likeness (QED) is 0.311. The maximum atomic E-state index is 13.2. The van der Waals surface area contributed by atoms with Crippen molar-refractivity contribution in [2.24, 2.45) is 0 Å². The summed E-state index contributed by atoms with van der Waals surface area (Å²) in [5.74, 6) is 0.966. The number of aliphatic hydroxyl groups is 1. The molecular formula is C29H31N5O5S. The zero-order valence-corrected chi connectivity index (χ0v) is 23.1. The summed E-state index contributed by atoms with van der Waals surface area (Å²) in [6, 6.07) is 11.2. The molecule has 208 valence electrons. The highest BCUT2D eigenvalue weighted by atomic mass is 32.2. The fourth-order valence-corrected chi connectivity index (χ4v) is 5.81. The van der Waals surface area contributed by atoms with Gasteiger partial charge < -0.3 is 19.7 Å². The third-order valence-corrected chi connectivity index (χ3v) is 9.00. The van der Waals surface area contributed by atoms with E-state index >= 15 is 0 Å². The molecule has 2 aromatic heterocycles. The smallest absolute Gasteiger partial charge is 0.251 e. The van der Waals surface area contributed by atoms with Crippen LogP contribution in [0.5, 0.6) is 0 Å². The van der Waals surface area contributed by atoms with Crippen LogP contribution in [0.1, 0.15) is 59.3 Å². The molecule has 11 heteroatoms. The van der Waals surface area contributed by atoms with Crippen LogP contribution in [0.2, 0.25) is 0 Å². The average molecular weight is 562 g/mol. The molecule has 1 amide bonds. The molecule has 40 heavy (non-hydrogen) atoms. The molecule has 1 unspecified atom stereocenters. The van der Waals surface area contributed by atoms with Gasteiger partial charge >= 0.3 is 0 Å². The Morgan fingerprint density at radius 1 is 1.12 bits per heavy atom. The molecule has 4 aromatic rings. The summed E-state index contributed by atoms with van der Waals surface area (Å²) in [4.78, 5) is 28.7. The van der Waals surface area contributed by atoms with Crippen LogP contribution in [0.15, 0.2) is 76.6 Å². The molecule has 0 saturated heterocycles. The van der Waals surface area contributed by atoms with Crippen molar-refractivity contribution < 1.29 is 22.7 Å². The van der Waals surface area contributed by atoms with Crippen LogP contribution in [0.3, 0.4) is 0 Å². The summed E-state index contributed by atoms with van der Waals surface area (Å²) in [6.07, 6.45) is 7.37. The van der Waals surface area contributed by atoms with Crippen molar-refractivity contribution in [1.82, 2.24) is 20.3 Å². The Hall–Kier alpha value is -4.09. The molecule has 0 fully saturated rings. The standard InChI is InChI=1S/C29H31N5O5S/c1-3-19-16-34(29-31-14-23(15-32-29)28-30-11-12-39-28)17-22-13-21(7-10-25(19)22)27(36)33-26(18-35)20-5-8-24(9-6-20)40(37,38)4-2/h5-15,19,26,35H,3-4,16-18H2,1-2H3,(H,33,36)/t19-,26?/m0/s1. The summed E-state index contributed by atoms with van der Waals surface area (Å²) in [7, 11) is -3.34. The van der Waals surface area contributed by atoms with E-state index in [-0.39, 0.29) is 29.1 Å². The van der Waals surface area contributed by atoms with Crippen LogP contribution in [-0.2, 0) is 16.4 Å². The Kier molecular flexibility index (Phi) is 7.95. The third-order valence-electron chi connectivity index (χ3n) is 7.25.